The summed E-state index contributed by atoms with van der Waals surface area (Å²) < 4.78 is 3.01. The molecule has 0 aliphatic carbocycles. The molecule has 8 aromatic carbocycles. The zero-order valence-corrected chi connectivity index (χ0v) is 42.0. The van der Waals surface area contributed by atoms with Gasteiger partial charge in [-0.3, -0.25) is 4.57 Å². The number of pyridine rings is 2. The van der Waals surface area contributed by atoms with Crippen LogP contribution in [0.25, 0.3) is 117 Å². The molecule has 1 N–H and O–H groups in total. The normalized spacial score (nSPS) is 11.0. The number of aromatic nitrogens is 8. The number of hydrogen-bond acceptors (Lipinski definition) is 6. The maximum Gasteiger partial charge on any atom is 0.160 e. The van der Waals surface area contributed by atoms with E-state index in [0.717, 1.165) is 77.9 Å². The zero-order valence-electron chi connectivity index (χ0n) is 40.4. The number of benzene rings is 8. The van der Waals surface area contributed by atoms with Crippen LogP contribution in [0.3, 0.4) is 0 Å². The molecular weight excluding hydrogens is 985 g/mol. The molecular formula is C66H45BrN8. The van der Waals surface area contributed by atoms with Crippen molar-refractivity contribution in [3.05, 3.63) is 272 Å². The molecule has 0 spiro atoms. The van der Waals surface area contributed by atoms with Gasteiger partial charge in [-0.2, -0.15) is 0 Å². The van der Waals surface area contributed by atoms with E-state index < -0.39 is 0 Å². The molecule has 356 valence electrons. The topological polar surface area (TPSA) is 98.1 Å². The molecule has 6 heterocycles. The lowest BCUT2D eigenvalue weighted by Crippen LogP contribution is -2.01. The van der Waals surface area contributed by atoms with Gasteiger partial charge in [0.1, 0.15) is 10.4 Å². The molecule has 0 amide bonds. The molecule has 8 nitrogen and oxygen atoms in total. The first-order valence-corrected chi connectivity index (χ1v) is 25.4. The minimum atomic E-state index is 0.681. The number of rotatable bonds is 7. The highest BCUT2D eigenvalue weighted by molar-refractivity contribution is 9.10. The van der Waals surface area contributed by atoms with Crippen LogP contribution in [0.2, 0.25) is 0 Å². The summed E-state index contributed by atoms with van der Waals surface area (Å²) in [6, 6.07) is 90.1. The average Bonchev–Trinajstić information content (AvgIpc) is 4.05. The molecule has 0 unspecified atom stereocenters. The lowest BCUT2D eigenvalue weighted by Gasteiger charge is -2.11. The number of hydrogen-bond donors (Lipinski definition) is 1. The lowest BCUT2D eigenvalue weighted by molar-refractivity contribution is 1.07. The summed E-state index contributed by atoms with van der Waals surface area (Å²) in [6.45, 7) is 0. The molecule has 0 bridgehead atoms. The van der Waals surface area contributed by atoms with E-state index in [1.54, 1.807) is 0 Å². The molecule has 0 fully saturated rings. The number of fused-ring (bicyclic) bond motifs is 6. The van der Waals surface area contributed by atoms with Crippen molar-refractivity contribution < 1.29 is 0 Å². The Hall–Kier alpha value is -9.70. The van der Waals surface area contributed by atoms with Gasteiger partial charge in [-0.25, -0.2) is 29.9 Å². The fraction of sp³-hybridized carbons (Fsp3) is 0. The monoisotopic (exact) mass is 1030 g/mol. The number of nitrogens with one attached hydrogen (secondary N) is 1. The molecule has 14 aromatic rings. The lowest BCUT2D eigenvalue weighted by atomic mass is 10.1. The standard InChI is InChI=1S/C33H22N4.C21H14BrN3.C12H9N/c1-3-12-23(13-4-1)28-22-29(36-33(35-28)24-14-5-2-6-15-24)27-18-11-21-32(34-27)37-30-19-9-7-16-25(30)26-17-8-10-20-31(26)37;22-20-13-7-12-17(23-20)19-14-18(15-8-3-1-4-9-15)24-21(25-19)16-10-5-2-6-11-16;1-3-7-11-9(5-1)10-6-2-4-8-12(10)13-11/h1-22H;1-14H;1-8,13H. The molecule has 0 atom stereocenters. The Morgan fingerprint density at radius 1 is 0.280 bits per heavy atom. The highest BCUT2D eigenvalue weighted by Crippen LogP contribution is 2.34. The van der Waals surface area contributed by atoms with Crippen LogP contribution in [0.1, 0.15) is 0 Å². The van der Waals surface area contributed by atoms with E-state index in [-0.39, 0.29) is 0 Å². The van der Waals surface area contributed by atoms with Gasteiger partial charge in [-0.1, -0.05) is 206 Å². The first kappa shape index (κ1) is 46.4. The Labute approximate surface area is 441 Å². The predicted octanol–water partition coefficient (Wildman–Crippen LogP) is 16.9. The van der Waals surface area contributed by atoms with Crippen LogP contribution < -0.4 is 0 Å². The SMILES string of the molecule is Brc1cccc(-c2cc(-c3ccccc3)nc(-c3ccccc3)n2)n1.c1ccc(-c2cc(-c3cccc(-n4c5ccccc5c5ccccc54)n3)nc(-c3ccccc3)n2)cc1.c1ccc2c(c1)[nH]c1ccccc12. The predicted molar refractivity (Wildman–Crippen MR) is 310 cm³/mol. The van der Waals surface area contributed by atoms with Crippen LogP contribution in [0.15, 0.2) is 272 Å². The van der Waals surface area contributed by atoms with Crippen LogP contribution in [0.5, 0.6) is 0 Å². The van der Waals surface area contributed by atoms with Crippen molar-refractivity contribution in [1.29, 1.82) is 0 Å². The second kappa shape index (κ2) is 21.2. The number of halogens is 1. The molecule has 6 aromatic heterocycles. The minimum Gasteiger partial charge on any atom is -0.355 e. The van der Waals surface area contributed by atoms with Crippen molar-refractivity contribution >= 4 is 59.5 Å². The molecule has 75 heavy (non-hydrogen) atoms. The molecule has 0 saturated heterocycles. The summed E-state index contributed by atoms with van der Waals surface area (Å²) >= 11 is 3.43. The number of aromatic amines is 1. The summed E-state index contributed by atoms with van der Waals surface area (Å²) in [5.41, 5.74) is 13.7. The van der Waals surface area contributed by atoms with E-state index in [0.29, 0.717) is 11.6 Å². The first-order chi connectivity index (χ1) is 37.1. The Morgan fingerprint density at radius 3 is 1.12 bits per heavy atom. The Balaban J connectivity index is 0.000000128. The smallest absolute Gasteiger partial charge is 0.160 e. The number of nitrogens with zero attached hydrogens (tertiary/aromatic N) is 7. The van der Waals surface area contributed by atoms with Gasteiger partial charge in [-0.15, -0.1) is 0 Å². The molecule has 0 radical (unpaired) electrons. The van der Waals surface area contributed by atoms with Crippen LogP contribution in [0.4, 0.5) is 0 Å². The van der Waals surface area contributed by atoms with Gasteiger partial charge >= 0.3 is 0 Å². The van der Waals surface area contributed by atoms with E-state index in [1.165, 1.54) is 32.6 Å². The first-order valence-electron chi connectivity index (χ1n) is 24.6. The fourth-order valence-corrected chi connectivity index (χ4v) is 9.66. The quantitative estimate of drug-likeness (QED) is 0.160. The molecule has 14 rings (SSSR count). The summed E-state index contributed by atoms with van der Waals surface area (Å²) in [5.74, 6) is 2.23. The third-order valence-corrected chi connectivity index (χ3v) is 13.3. The van der Waals surface area contributed by atoms with Crippen molar-refractivity contribution in [2.75, 3.05) is 0 Å². The second-order valence-corrected chi connectivity index (χ2v) is 18.5. The van der Waals surface area contributed by atoms with Gasteiger partial charge in [0.05, 0.1) is 45.2 Å². The van der Waals surface area contributed by atoms with Crippen molar-refractivity contribution in [2.24, 2.45) is 0 Å². The Morgan fingerprint density at radius 2 is 0.653 bits per heavy atom. The van der Waals surface area contributed by atoms with Gasteiger partial charge in [0, 0.05) is 54.8 Å². The largest absolute Gasteiger partial charge is 0.355 e. The van der Waals surface area contributed by atoms with Crippen LogP contribution in [-0.4, -0.2) is 39.5 Å². The summed E-state index contributed by atoms with van der Waals surface area (Å²) in [4.78, 5) is 32.4. The molecule has 0 aliphatic heterocycles. The zero-order chi connectivity index (χ0) is 50.3. The molecule has 9 heteroatoms. The van der Waals surface area contributed by atoms with E-state index in [9.17, 15) is 0 Å². The van der Waals surface area contributed by atoms with Gasteiger partial charge < -0.3 is 4.98 Å². The fourth-order valence-electron chi connectivity index (χ4n) is 9.31. The molecule has 0 aliphatic rings. The van der Waals surface area contributed by atoms with Gasteiger partial charge in [0.25, 0.3) is 0 Å². The molecule has 0 saturated carbocycles. The van der Waals surface area contributed by atoms with Crippen LogP contribution in [0, 0.1) is 0 Å². The van der Waals surface area contributed by atoms with E-state index in [1.807, 2.05) is 140 Å². The maximum atomic E-state index is 5.13. The average molecular weight is 1030 g/mol. The van der Waals surface area contributed by atoms with Crippen molar-refractivity contribution in [3.8, 4) is 73.9 Å². The van der Waals surface area contributed by atoms with E-state index in [2.05, 4.69) is 158 Å². The minimum absolute atomic E-state index is 0.681. The number of H-pyrrole nitrogens is 1. The van der Waals surface area contributed by atoms with Crippen molar-refractivity contribution in [3.63, 3.8) is 0 Å². The highest BCUT2D eigenvalue weighted by Gasteiger charge is 2.16. The van der Waals surface area contributed by atoms with Gasteiger partial charge in [-0.05, 0) is 76.6 Å². The summed E-state index contributed by atoms with van der Waals surface area (Å²) in [5, 5.41) is 5.03. The van der Waals surface area contributed by atoms with Crippen LogP contribution >= 0.6 is 15.9 Å². The Bertz CT molecular complexity index is 4040. The van der Waals surface area contributed by atoms with Gasteiger partial charge in [0.2, 0.25) is 0 Å². The van der Waals surface area contributed by atoms with Crippen molar-refractivity contribution in [1.82, 2.24) is 39.5 Å². The third-order valence-electron chi connectivity index (χ3n) is 12.9. The summed E-state index contributed by atoms with van der Waals surface area (Å²) in [6.07, 6.45) is 0. The Kier molecular flexibility index (Phi) is 13.1. The van der Waals surface area contributed by atoms with E-state index in [4.69, 9.17) is 24.9 Å². The third kappa shape index (κ3) is 9.96. The second-order valence-electron chi connectivity index (χ2n) is 17.7. The van der Waals surface area contributed by atoms with Gasteiger partial charge in [0.15, 0.2) is 11.6 Å². The highest BCUT2D eigenvalue weighted by atomic mass is 79.9. The number of para-hydroxylation sites is 4. The maximum absolute atomic E-state index is 5.13. The van der Waals surface area contributed by atoms with Crippen LogP contribution in [-0.2, 0) is 0 Å². The van der Waals surface area contributed by atoms with E-state index >= 15 is 0 Å². The van der Waals surface area contributed by atoms with Crippen molar-refractivity contribution in [2.45, 2.75) is 0 Å². The summed E-state index contributed by atoms with van der Waals surface area (Å²) in [7, 11) is 0.